The van der Waals surface area contributed by atoms with Crippen molar-refractivity contribution in [2.24, 2.45) is 5.92 Å². The highest BCUT2D eigenvalue weighted by Gasteiger charge is 2.11. The first-order valence-electron chi connectivity index (χ1n) is 4.82. The Labute approximate surface area is 85.5 Å². The summed E-state index contributed by atoms with van der Waals surface area (Å²) in [5.74, 6) is -0.0510. The third-order valence-corrected chi connectivity index (χ3v) is 2.06. The lowest BCUT2D eigenvalue weighted by molar-refractivity contribution is -0.117. The van der Waals surface area contributed by atoms with Crippen molar-refractivity contribution in [2.45, 2.75) is 26.8 Å². The lowest BCUT2D eigenvalue weighted by atomic mass is 10.1. The molecule has 0 aliphatic heterocycles. The average Bonchev–Trinajstić information content (AvgIpc) is 2.16. The van der Waals surface area contributed by atoms with E-state index < -0.39 is 0 Å². The predicted octanol–water partition coefficient (Wildman–Crippen LogP) is 1.25. The number of hydrogen-bond acceptors (Lipinski definition) is 2. The molecule has 0 aliphatic rings. The molecule has 0 aromatic carbocycles. The van der Waals surface area contributed by atoms with Crippen LogP contribution in [0.4, 0.5) is 0 Å². The topological polar surface area (TPSA) is 49.3 Å². The number of carbonyl (C=O) groups excluding carboxylic acids is 1. The predicted molar refractivity (Wildman–Crippen MR) is 57.8 cm³/mol. The van der Waals surface area contributed by atoms with Gasteiger partial charge in [-0.25, -0.2) is 0 Å². The number of rotatable bonds is 5. The first-order valence-corrected chi connectivity index (χ1v) is 4.82. The number of aliphatic hydroxyl groups excluding tert-OH is 1. The minimum absolute atomic E-state index is 0.0113. The van der Waals surface area contributed by atoms with E-state index in [1.54, 1.807) is 12.2 Å². The summed E-state index contributed by atoms with van der Waals surface area (Å²) in [6.07, 6.45) is 6.80. The molecular formula is C11H19NO2. The van der Waals surface area contributed by atoms with Gasteiger partial charge in [-0.2, -0.15) is 0 Å². The second-order valence-corrected chi connectivity index (χ2v) is 3.34. The van der Waals surface area contributed by atoms with Crippen molar-refractivity contribution in [1.82, 2.24) is 5.32 Å². The lowest BCUT2D eigenvalue weighted by Crippen LogP contribution is -2.37. The zero-order chi connectivity index (χ0) is 11.0. The highest BCUT2D eigenvalue weighted by molar-refractivity contribution is 5.87. The first kappa shape index (κ1) is 12.9. The fourth-order valence-corrected chi connectivity index (χ4v) is 0.827. The van der Waals surface area contributed by atoms with Crippen LogP contribution in [0.15, 0.2) is 24.3 Å². The standard InChI is InChI=1S/C11H19NO2/c1-4-5-6-7-11(14)12-10(3)9(2)8-13/h4-7,9-10,13H,8H2,1-3H3,(H,12,14). The molecule has 14 heavy (non-hydrogen) atoms. The van der Waals surface area contributed by atoms with E-state index >= 15 is 0 Å². The van der Waals surface area contributed by atoms with Gasteiger partial charge in [0.05, 0.1) is 0 Å². The van der Waals surface area contributed by atoms with E-state index in [1.807, 2.05) is 26.8 Å². The second kappa shape index (κ2) is 7.33. The zero-order valence-corrected chi connectivity index (χ0v) is 9.03. The smallest absolute Gasteiger partial charge is 0.244 e. The maximum Gasteiger partial charge on any atom is 0.244 e. The van der Waals surface area contributed by atoms with Crippen LogP contribution < -0.4 is 5.32 Å². The van der Waals surface area contributed by atoms with E-state index in [2.05, 4.69) is 5.32 Å². The highest BCUT2D eigenvalue weighted by atomic mass is 16.3. The van der Waals surface area contributed by atoms with Gasteiger partial charge in [0.1, 0.15) is 0 Å². The fraction of sp³-hybridized carbons (Fsp3) is 0.545. The lowest BCUT2D eigenvalue weighted by Gasteiger charge is -2.17. The van der Waals surface area contributed by atoms with Gasteiger partial charge in [0, 0.05) is 18.7 Å². The molecule has 0 saturated heterocycles. The van der Waals surface area contributed by atoms with Crippen LogP contribution in [0.1, 0.15) is 20.8 Å². The SMILES string of the molecule is CC=CC=CC(=O)NC(C)C(C)CO. The van der Waals surface area contributed by atoms with Crippen LogP contribution in [0.25, 0.3) is 0 Å². The van der Waals surface area contributed by atoms with Crippen molar-refractivity contribution in [2.75, 3.05) is 6.61 Å². The van der Waals surface area contributed by atoms with Crippen LogP contribution in [0.5, 0.6) is 0 Å². The molecule has 0 radical (unpaired) electrons. The molecule has 3 heteroatoms. The van der Waals surface area contributed by atoms with Gasteiger partial charge >= 0.3 is 0 Å². The molecule has 0 aromatic rings. The maximum absolute atomic E-state index is 11.2. The van der Waals surface area contributed by atoms with Crippen molar-refractivity contribution < 1.29 is 9.90 Å². The monoisotopic (exact) mass is 197 g/mol. The van der Waals surface area contributed by atoms with Crippen molar-refractivity contribution >= 4 is 5.91 Å². The number of nitrogens with one attached hydrogen (secondary N) is 1. The van der Waals surface area contributed by atoms with Gasteiger partial charge in [-0.1, -0.05) is 25.2 Å². The van der Waals surface area contributed by atoms with Crippen LogP contribution in [-0.4, -0.2) is 23.7 Å². The Morgan fingerprint density at radius 1 is 1.43 bits per heavy atom. The molecule has 80 valence electrons. The largest absolute Gasteiger partial charge is 0.396 e. The van der Waals surface area contributed by atoms with Gasteiger partial charge in [-0.3, -0.25) is 4.79 Å². The van der Waals surface area contributed by atoms with Crippen molar-refractivity contribution in [3.8, 4) is 0 Å². The van der Waals surface area contributed by atoms with Crippen LogP contribution >= 0.6 is 0 Å². The molecule has 0 aliphatic carbocycles. The third kappa shape index (κ3) is 5.54. The van der Waals surface area contributed by atoms with Gasteiger partial charge in [-0.15, -0.1) is 0 Å². The summed E-state index contributed by atoms with van der Waals surface area (Å²) in [7, 11) is 0. The quantitative estimate of drug-likeness (QED) is 0.515. The summed E-state index contributed by atoms with van der Waals surface area (Å²) in [4.78, 5) is 11.2. The molecule has 0 aromatic heterocycles. The summed E-state index contributed by atoms with van der Waals surface area (Å²) in [5, 5.41) is 11.6. The summed E-state index contributed by atoms with van der Waals surface area (Å²) in [5.41, 5.74) is 0. The Morgan fingerprint density at radius 2 is 2.07 bits per heavy atom. The number of amides is 1. The molecule has 3 nitrogen and oxygen atoms in total. The molecule has 0 saturated carbocycles. The number of hydrogen-bond donors (Lipinski definition) is 2. The molecule has 0 rings (SSSR count). The van der Waals surface area contributed by atoms with E-state index in [9.17, 15) is 4.79 Å². The molecule has 2 atom stereocenters. The van der Waals surface area contributed by atoms with Crippen molar-refractivity contribution in [3.63, 3.8) is 0 Å². The molecule has 0 bridgehead atoms. The molecule has 1 amide bonds. The minimum Gasteiger partial charge on any atom is -0.396 e. The van der Waals surface area contributed by atoms with Crippen molar-refractivity contribution in [3.05, 3.63) is 24.3 Å². The molecule has 0 spiro atoms. The minimum atomic E-state index is -0.129. The summed E-state index contributed by atoms with van der Waals surface area (Å²) >= 11 is 0. The summed E-state index contributed by atoms with van der Waals surface area (Å²) < 4.78 is 0. The molecule has 0 heterocycles. The molecule has 0 fully saturated rings. The van der Waals surface area contributed by atoms with Gasteiger partial charge in [0.2, 0.25) is 5.91 Å². The Kier molecular flexibility index (Phi) is 6.76. The van der Waals surface area contributed by atoms with Gasteiger partial charge in [0.25, 0.3) is 0 Å². The van der Waals surface area contributed by atoms with E-state index in [-0.39, 0.29) is 24.5 Å². The van der Waals surface area contributed by atoms with Crippen molar-refractivity contribution in [1.29, 1.82) is 0 Å². The highest BCUT2D eigenvalue weighted by Crippen LogP contribution is 2.00. The van der Waals surface area contributed by atoms with Gasteiger partial charge in [-0.05, 0) is 19.8 Å². The third-order valence-electron chi connectivity index (χ3n) is 2.06. The number of carbonyl (C=O) groups is 1. The molecule has 2 N–H and O–H groups in total. The molecular weight excluding hydrogens is 178 g/mol. The van der Waals surface area contributed by atoms with Crippen LogP contribution in [0, 0.1) is 5.92 Å². The van der Waals surface area contributed by atoms with Crippen LogP contribution in [0.2, 0.25) is 0 Å². The van der Waals surface area contributed by atoms with E-state index in [1.165, 1.54) is 6.08 Å². The van der Waals surface area contributed by atoms with Gasteiger partial charge < -0.3 is 10.4 Å². The second-order valence-electron chi connectivity index (χ2n) is 3.34. The maximum atomic E-state index is 11.2. The molecule has 2 unspecified atom stereocenters. The normalized spacial score (nSPS) is 16.0. The number of allylic oxidation sites excluding steroid dienone is 3. The Hall–Kier alpha value is -1.09. The van der Waals surface area contributed by atoms with Crippen LogP contribution in [0.3, 0.4) is 0 Å². The average molecular weight is 197 g/mol. The summed E-state index contributed by atoms with van der Waals surface area (Å²) in [6.45, 7) is 5.74. The number of aliphatic hydroxyl groups is 1. The Morgan fingerprint density at radius 3 is 2.57 bits per heavy atom. The fourth-order valence-electron chi connectivity index (χ4n) is 0.827. The Bertz CT molecular complexity index is 221. The first-order chi connectivity index (χ1) is 6.61. The van der Waals surface area contributed by atoms with Gasteiger partial charge in [0.15, 0.2) is 0 Å². The van der Waals surface area contributed by atoms with E-state index in [0.717, 1.165) is 0 Å². The van der Waals surface area contributed by atoms with Crippen LogP contribution in [-0.2, 0) is 4.79 Å². The summed E-state index contributed by atoms with van der Waals surface area (Å²) in [6, 6.07) is -0.0113. The zero-order valence-electron chi connectivity index (χ0n) is 9.03. The Balaban J connectivity index is 3.93. The van der Waals surface area contributed by atoms with E-state index in [0.29, 0.717) is 0 Å². The van der Waals surface area contributed by atoms with E-state index in [4.69, 9.17) is 5.11 Å².